The molecule has 94 valence electrons. The molecule has 0 spiro atoms. The summed E-state index contributed by atoms with van der Waals surface area (Å²) < 4.78 is 0. The summed E-state index contributed by atoms with van der Waals surface area (Å²) in [5, 5.41) is 0. The monoisotopic (exact) mass is 222 g/mol. The highest BCUT2D eigenvalue weighted by atomic mass is 14.4. The molecule has 2 fully saturated rings. The van der Waals surface area contributed by atoms with Gasteiger partial charge in [-0.3, -0.25) is 0 Å². The zero-order valence-electron chi connectivity index (χ0n) is 11.2. The van der Waals surface area contributed by atoms with E-state index in [1.807, 2.05) is 0 Å². The predicted molar refractivity (Wildman–Crippen MR) is 71.5 cm³/mol. The van der Waals surface area contributed by atoms with Gasteiger partial charge in [0.25, 0.3) is 0 Å². The molecule has 0 nitrogen and oxygen atoms in total. The number of hydrogen-bond acceptors (Lipinski definition) is 0. The van der Waals surface area contributed by atoms with E-state index in [1.54, 1.807) is 25.7 Å². The summed E-state index contributed by atoms with van der Waals surface area (Å²) in [6.45, 7) is 2.39. The van der Waals surface area contributed by atoms with Crippen molar-refractivity contribution in [3.8, 4) is 0 Å². The molecule has 0 bridgehead atoms. The Morgan fingerprint density at radius 2 is 1.19 bits per heavy atom. The maximum atomic E-state index is 2.39. The highest BCUT2D eigenvalue weighted by Gasteiger charge is 2.30. The summed E-state index contributed by atoms with van der Waals surface area (Å²) in [6, 6.07) is 0. The maximum Gasteiger partial charge on any atom is -0.0358 e. The van der Waals surface area contributed by atoms with Gasteiger partial charge in [0.2, 0.25) is 0 Å². The second-order valence-electron chi connectivity index (χ2n) is 6.25. The molecule has 2 aliphatic rings. The Morgan fingerprint density at radius 3 is 1.56 bits per heavy atom. The molecule has 16 heavy (non-hydrogen) atoms. The van der Waals surface area contributed by atoms with Gasteiger partial charge in [-0.25, -0.2) is 0 Å². The largest absolute Gasteiger partial charge is 0.0654 e. The second kappa shape index (κ2) is 6.67. The van der Waals surface area contributed by atoms with E-state index in [2.05, 4.69) is 6.92 Å². The molecule has 0 heteroatoms. The van der Waals surface area contributed by atoms with E-state index in [4.69, 9.17) is 0 Å². The first-order valence-corrected chi connectivity index (χ1v) is 7.92. The molecule has 0 unspecified atom stereocenters. The van der Waals surface area contributed by atoms with Crippen molar-refractivity contribution in [2.24, 2.45) is 17.8 Å². The predicted octanol–water partition coefficient (Wildman–Crippen LogP) is 5.56. The van der Waals surface area contributed by atoms with Crippen molar-refractivity contribution in [2.45, 2.75) is 84.0 Å². The molecule has 0 aliphatic heterocycles. The first-order chi connectivity index (χ1) is 7.92. The number of hydrogen-bond donors (Lipinski definition) is 0. The van der Waals surface area contributed by atoms with Crippen molar-refractivity contribution in [3.63, 3.8) is 0 Å². The molecule has 0 radical (unpaired) electrons. The normalized spacial score (nSPS) is 25.1. The van der Waals surface area contributed by atoms with Crippen LogP contribution in [0.3, 0.4) is 0 Å². The van der Waals surface area contributed by atoms with Gasteiger partial charge in [-0.2, -0.15) is 0 Å². The van der Waals surface area contributed by atoms with E-state index in [-0.39, 0.29) is 0 Å². The van der Waals surface area contributed by atoms with Crippen molar-refractivity contribution < 1.29 is 0 Å². The standard InChI is InChI=1S/C16H30/c1-2-9-16(14-10-5-3-6-11-14)15-12-7-4-8-13-15/h14-16H,2-13H2,1H3. The van der Waals surface area contributed by atoms with Gasteiger partial charge >= 0.3 is 0 Å². The van der Waals surface area contributed by atoms with E-state index in [9.17, 15) is 0 Å². The fourth-order valence-electron chi connectivity index (χ4n) is 4.31. The fourth-order valence-corrected chi connectivity index (χ4v) is 4.31. The van der Waals surface area contributed by atoms with Gasteiger partial charge in [0.1, 0.15) is 0 Å². The topological polar surface area (TPSA) is 0 Å². The Bertz CT molecular complexity index is 154. The molecule has 0 saturated heterocycles. The lowest BCUT2D eigenvalue weighted by Crippen LogP contribution is -2.27. The highest BCUT2D eigenvalue weighted by Crippen LogP contribution is 2.41. The zero-order chi connectivity index (χ0) is 11.2. The van der Waals surface area contributed by atoms with Gasteiger partial charge in [-0.05, 0) is 17.8 Å². The van der Waals surface area contributed by atoms with Crippen LogP contribution in [0.1, 0.15) is 84.0 Å². The van der Waals surface area contributed by atoms with Crippen LogP contribution in [0.15, 0.2) is 0 Å². The SMILES string of the molecule is CCCC(C1CCCCC1)C1CCCCC1. The quantitative estimate of drug-likeness (QED) is 0.584. The van der Waals surface area contributed by atoms with Crippen LogP contribution in [0.4, 0.5) is 0 Å². The summed E-state index contributed by atoms with van der Waals surface area (Å²) in [5.41, 5.74) is 0. The molecular weight excluding hydrogens is 192 g/mol. The van der Waals surface area contributed by atoms with Crippen molar-refractivity contribution in [1.82, 2.24) is 0 Å². The first kappa shape index (κ1) is 12.5. The lowest BCUT2D eigenvalue weighted by molar-refractivity contribution is 0.134. The third-order valence-electron chi connectivity index (χ3n) is 5.13. The molecule has 0 atom stereocenters. The minimum absolute atomic E-state index is 1.10. The second-order valence-corrected chi connectivity index (χ2v) is 6.25. The van der Waals surface area contributed by atoms with Gasteiger partial charge < -0.3 is 0 Å². The Balaban J connectivity index is 1.91. The zero-order valence-corrected chi connectivity index (χ0v) is 11.2. The molecule has 0 aromatic heterocycles. The van der Waals surface area contributed by atoms with E-state index in [1.165, 1.54) is 51.4 Å². The molecular formula is C16H30. The third-order valence-corrected chi connectivity index (χ3v) is 5.13. The fraction of sp³-hybridized carbons (Fsp3) is 1.00. The van der Waals surface area contributed by atoms with Gasteiger partial charge in [0, 0.05) is 0 Å². The maximum absolute atomic E-state index is 2.39. The van der Waals surface area contributed by atoms with Crippen molar-refractivity contribution >= 4 is 0 Å². The average Bonchev–Trinajstić information content (AvgIpc) is 2.38. The van der Waals surface area contributed by atoms with Crippen LogP contribution in [0.2, 0.25) is 0 Å². The van der Waals surface area contributed by atoms with E-state index >= 15 is 0 Å². The molecule has 0 aromatic carbocycles. The van der Waals surface area contributed by atoms with Crippen molar-refractivity contribution in [3.05, 3.63) is 0 Å². The van der Waals surface area contributed by atoms with E-state index in [0.29, 0.717) is 0 Å². The first-order valence-electron chi connectivity index (χ1n) is 7.92. The molecule has 0 amide bonds. The van der Waals surface area contributed by atoms with Crippen LogP contribution in [0, 0.1) is 17.8 Å². The Morgan fingerprint density at radius 1 is 0.750 bits per heavy atom. The lowest BCUT2D eigenvalue weighted by atomic mass is 9.68. The highest BCUT2D eigenvalue weighted by molar-refractivity contribution is 4.81. The molecule has 0 heterocycles. The average molecular weight is 222 g/mol. The summed E-state index contributed by atoms with van der Waals surface area (Å²) >= 11 is 0. The van der Waals surface area contributed by atoms with E-state index in [0.717, 1.165) is 17.8 Å². The van der Waals surface area contributed by atoms with Crippen LogP contribution in [0.25, 0.3) is 0 Å². The Labute approximate surface area is 102 Å². The van der Waals surface area contributed by atoms with Crippen LogP contribution in [-0.2, 0) is 0 Å². The summed E-state index contributed by atoms with van der Waals surface area (Å²) in [4.78, 5) is 0. The van der Waals surface area contributed by atoms with Crippen LogP contribution in [-0.4, -0.2) is 0 Å². The van der Waals surface area contributed by atoms with Crippen molar-refractivity contribution in [1.29, 1.82) is 0 Å². The Kier molecular flexibility index (Phi) is 5.19. The number of rotatable bonds is 4. The molecule has 2 aliphatic carbocycles. The van der Waals surface area contributed by atoms with Gasteiger partial charge in [-0.15, -0.1) is 0 Å². The molecule has 0 N–H and O–H groups in total. The molecule has 2 saturated carbocycles. The van der Waals surface area contributed by atoms with Gasteiger partial charge in [0.15, 0.2) is 0 Å². The summed E-state index contributed by atoms with van der Waals surface area (Å²) in [5.74, 6) is 3.32. The molecule has 2 rings (SSSR count). The van der Waals surface area contributed by atoms with Crippen LogP contribution in [0.5, 0.6) is 0 Å². The molecule has 0 aromatic rings. The lowest BCUT2D eigenvalue weighted by Gasteiger charge is -2.38. The third kappa shape index (κ3) is 3.25. The van der Waals surface area contributed by atoms with Crippen LogP contribution < -0.4 is 0 Å². The summed E-state index contributed by atoms with van der Waals surface area (Å²) in [7, 11) is 0. The van der Waals surface area contributed by atoms with Gasteiger partial charge in [-0.1, -0.05) is 84.0 Å². The van der Waals surface area contributed by atoms with Crippen molar-refractivity contribution in [2.75, 3.05) is 0 Å². The minimum Gasteiger partial charge on any atom is -0.0654 e. The Hall–Kier alpha value is 0. The van der Waals surface area contributed by atoms with E-state index < -0.39 is 0 Å². The van der Waals surface area contributed by atoms with Crippen LogP contribution >= 0.6 is 0 Å². The summed E-state index contributed by atoms with van der Waals surface area (Å²) in [6.07, 6.45) is 18.3. The smallest absolute Gasteiger partial charge is 0.0358 e. The van der Waals surface area contributed by atoms with Gasteiger partial charge in [0.05, 0.1) is 0 Å². The minimum atomic E-state index is 1.10.